The largest absolute Gasteiger partial charge is 0.465 e. The molecule has 0 N–H and O–H groups in total. The molecule has 324 valence electrons. The molecule has 2 aliphatic rings. The Morgan fingerprint density at radius 3 is 1.57 bits per heavy atom. The van der Waals surface area contributed by atoms with Crippen LogP contribution in [-0.4, -0.2) is 58.6 Å². The zero-order valence-corrected chi connectivity index (χ0v) is 37.4. The molecule has 0 saturated heterocycles. The molecule has 13 heteroatoms. The topological polar surface area (TPSA) is 165 Å². The number of halogens is 1. The molecule has 61 heavy (non-hydrogen) atoms. The Morgan fingerprint density at radius 2 is 1.11 bits per heavy atom. The molecule has 2 atom stereocenters. The maximum absolute atomic E-state index is 12.6. The highest BCUT2D eigenvalue weighted by Crippen LogP contribution is 2.39. The van der Waals surface area contributed by atoms with E-state index in [0.717, 1.165) is 37.5 Å². The van der Waals surface area contributed by atoms with Crippen molar-refractivity contribution in [3.8, 4) is 0 Å². The van der Waals surface area contributed by atoms with Crippen molar-refractivity contribution in [3.63, 3.8) is 0 Å². The van der Waals surface area contributed by atoms with Gasteiger partial charge in [0.2, 0.25) is 0 Å². The summed E-state index contributed by atoms with van der Waals surface area (Å²) in [5, 5.41) is 2.03. The van der Waals surface area contributed by atoms with Crippen LogP contribution in [0.15, 0.2) is 83.9 Å². The van der Waals surface area contributed by atoms with E-state index >= 15 is 0 Å². The van der Waals surface area contributed by atoms with Gasteiger partial charge in [-0.15, -0.1) is 6.58 Å². The van der Waals surface area contributed by atoms with Crippen LogP contribution in [-0.2, 0) is 47.7 Å². The zero-order chi connectivity index (χ0) is 44.7. The number of nitrogens with zero attached hydrogens (tertiary/aromatic N) is 2. The molecule has 12 nitrogen and oxygen atoms in total. The number of hydrogen-bond donors (Lipinski definition) is 0. The van der Waals surface area contributed by atoms with Crippen LogP contribution < -0.4 is 0 Å². The number of fused-ring (bicyclic) bond motifs is 2. The van der Waals surface area contributed by atoms with Crippen LogP contribution in [0, 0.1) is 10.8 Å². The highest BCUT2D eigenvalue weighted by atomic mass is 79.9. The SMILES string of the molecule is C=CC1(C(=O)OCC)CCC(=O)CC1.CC(=O)O[C@H](C)c1ccc2ccc(Br)cc2n1.CCOC(=O)C1(/C=C/c2ccc3ccc([C@@H](C)OC(C)=O)nc3c2)CCC(=O)CC1. The van der Waals surface area contributed by atoms with E-state index in [-0.39, 0.29) is 41.5 Å². The summed E-state index contributed by atoms with van der Waals surface area (Å²) in [6.07, 6.45) is 8.40. The van der Waals surface area contributed by atoms with Gasteiger partial charge in [-0.1, -0.05) is 64.5 Å². The zero-order valence-electron chi connectivity index (χ0n) is 35.8. The quantitative estimate of drug-likeness (QED) is 0.0796. The summed E-state index contributed by atoms with van der Waals surface area (Å²) in [5.41, 5.74) is 2.61. The summed E-state index contributed by atoms with van der Waals surface area (Å²) in [7, 11) is 0. The van der Waals surface area contributed by atoms with E-state index in [0.29, 0.717) is 70.3 Å². The van der Waals surface area contributed by atoms with Crippen LogP contribution in [0.3, 0.4) is 0 Å². The van der Waals surface area contributed by atoms with Crippen molar-refractivity contribution in [2.75, 3.05) is 13.2 Å². The Balaban J connectivity index is 0.000000223. The van der Waals surface area contributed by atoms with Crippen molar-refractivity contribution in [1.82, 2.24) is 9.97 Å². The smallest absolute Gasteiger partial charge is 0.315 e. The first-order valence-electron chi connectivity index (χ1n) is 20.6. The fraction of sp³-hybridized carbons (Fsp3) is 0.417. The van der Waals surface area contributed by atoms with Gasteiger partial charge in [0.25, 0.3) is 0 Å². The lowest BCUT2D eigenvalue weighted by molar-refractivity contribution is -0.155. The number of hydrogen-bond acceptors (Lipinski definition) is 12. The van der Waals surface area contributed by atoms with Gasteiger partial charge in [0.05, 0.1) is 46.5 Å². The molecule has 2 aliphatic carbocycles. The summed E-state index contributed by atoms with van der Waals surface area (Å²) >= 11 is 3.41. The number of Topliss-reactive ketones (excluding diaryl/α,β-unsaturated/α-hetero) is 2. The van der Waals surface area contributed by atoms with E-state index in [4.69, 9.17) is 18.9 Å². The average Bonchev–Trinajstić information content (AvgIpc) is 3.23. The van der Waals surface area contributed by atoms with Gasteiger partial charge in [-0.05, 0) is 89.3 Å². The van der Waals surface area contributed by atoms with Crippen LogP contribution >= 0.6 is 15.9 Å². The van der Waals surface area contributed by atoms with Gasteiger partial charge in [-0.3, -0.25) is 28.8 Å². The molecule has 0 radical (unpaired) electrons. The molecule has 2 heterocycles. The summed E-state index contributed by atoms with van der Waals surface area (Å²) < 4.78 is 21.6. The predicted molar refractivity (Wildman–Crippen MR) is 236 cm³/mol. The first kappa shape index (κ1) is 48.1. The number of esters is 4. The van der Waals surface area contributed by atoms with Gasteiger partial charge >= 0.3 is 23.9 Å². The van der Waals surface area contributed by atoms with Crippen molar-refractivity contribution in [2.45, 2.75) is 105 Å². The van der Waals surface area contributed by atoms with E-state index < -0.39 is 16.9 Å². The van der Waals surface area contributed by atoms with Gasteiger partial charge < -0.3 is 18.9 Å². The molecular weight excluding hydrogens is 844 g/mol. The fourth-order valence-electron chi connectivity index (χ4n) is 7.12. The minimum atomic E-state index is -0.766. The minimum Gasteiger partial charge on any atom is -0.465 e. The maximum Gasteiger partial charge on any atom is 0.315 e. The van der Waals surface area contributed by atoms with Crippen LogP contribution in [0.4, 0.5) is 0 Å². The lowest BCUT2D eigenvalue weighted by atomic mass is 9.73. The van der Waals surface area contributed by atoms with Crippen LogP contribution in [0.25, 0.3) is 27.9 Å². The summed E-state index contributed by atoms with van der Waals surface area (Å²) in [5.74, 6) is -0.739. The molecule has 0 bridgehead atoms. The molecule has 0 amide bonds. The number of ether oxygens (including phenoxy) is 4. The lowest BCUT2D eigenvalue weighted by Gasteiger charge is -2.31. The number of benzene rings is 2. The third-order valence-electron chi connectivity index (χ3n) is 10.7. The number of carbonyl (C=O) groups is 6. The number of pyridine rings is 2. The highest BCUT2D eigenvalue weighted by molar-refractivity contribution is 9.10. The third kappa shape index (κ3) is 13.5. The Labute approximate surface area is 365 Å². The summed E-state index contributed by atoms with van der Waals surface area (Å²) in [6, 6.07) is 19.4. The van der Waals surface area contributed by atoms with Crippen LogP contribution in [0.2, 0.25) is 0 Å². The Morgan fingerprint density at radius 1 is 0.689 bits per heavy atom. The van der Waals surface area contributed by atoms with Crippen molar-refractivity contribution in [2.24, 2.45) is 10.8 Å². The summed E-state index contributed by atoms with van der Waals surface area (Å²) in [4.78, 5) is 78.2. The molecule has 0 aliphatic heterocycles. The second kappa shape index (κ2) is 22.3. The second-order valence-corrected chi connectivity index (χ2v) is 16.0. The van der Waals surface area contributed by atoms with Gasteiger partial charge in [-0.2, -0.15) is 0 Å². The lowest BCUT2D eigenvalue weighted by Crippen LogP contribution is -2.35. The Hall–Kier alpha value is -5.56. The number of ketones is 2. The predicted octanol–water partition coefficient (Wildman–Crippen LogP) is 10.1. The van der Waals surface area contributed by atoms with Crippen LogP contribution in [0.1, 0.15) is 122 Å². The molecule has 0 spiro atoms. The van der Waals surface area contributed by atoms with Gasteiger partial charge in [0, 0.05) is 54.8 Å². The van der Waals surface area contributed by atoms with E-state index in [1.165, 1.54) is 13.8 Å². The average molecular weight is 900 g/mol. The van der Waals surface area contributed by atoms with E-state index in [1.807, 2.05) is 79.7 Å². The Kier molecular flexibility index (Phi) is 17.6. The molecule has 6 rings (SSSR count). The van der Waals surface area contributed by atoms with Crippen molar-refractivity contribution >= 4 is 79.3 Å². The molecule has 2 fully saturated rings. The van der Waals surface area contributed by atoms with E-state index in [9.17, 15) is 28.8 Å². The van der Waals surface area contributed by atoms with E-state index in [2.05, 4.69) is 32.5 Å². The first-order valence-corrected chi connectivity index (χ1v) is 21.3. The van der Waals surface area contributed by atoms with Gasteiger partial charge in [0.1, 0.15) is 23.8 Å². The van der Waals surface area contributed by atoms with Crippen molar-refractivity contribution in [3.05, 3.63) is 101 Å². The fourth-order valence-corrected chi connectivity index (χ4v) is 7.47. The molecule has 2 aromatic heterocycles. The molecule has 4 aromatic rings. The first-order chi connectivity index (χ1) is 29.0. The van der Waals surface area contributed by atoms with Crippen LogP contribution in [0.5, 0.6) is 0 Å². The monoisotopic (exact) mass is 898 g/mol. The maximum atomic E-state index is 12.6. The highest BCUT2D eigenvalue weighted by Gasteiger charge is 2.41. The number of rotatable bonds is 11. The van der Waals surface area contributed by atoms with Gasteiger partial charge in [-0.25, -0.2) is 9.97 Å². The second-order valence-electron chi connectivity index (χ2n) is 15.1. The molecule has 2 aromatic carbocycles. The van der Waals surface area contributed by atoms with Gasteiger partial charge in [0.15, 0.2) is 0 Å². The molecule has 2 saturated carbocycles. The molecular formula is C48H55BrN2O10. The van der Waals surface area contributed by atoms with Crippen molar-refractivity contribution in [1.29, 1.82) is 0 Å². The minimum absolute atomic E-state index is 0.188. The normalized spacial score (nSPS) is 16.5. The van der Waals surface area contributed by atoms with E-state index in [1.54, 1.807) is 26.8 Å². The van der Waals surface area contributed by atoms with Crippen molar-refractivity contribution < 1.29 is 47.7 Å². The third-order valence-corrected chi connectivity index (χ3v) is 11.2. The number of carbonyl (C=O) groups excluding carboxylic acids is 6. The summed E-state index contributed by atoms with van der Waals surface area (Å²) in [6.45, 7) is 14.3. The Bertz CT molecular complexity index is 2270. The number of aromatic nitrogens is 2. The molecule has 0 unspecified atom stereocenters. The standard InChI is InChI=1S/C24H27NO5.C13H12BrNO2.C11H16O3/c1-4-29-23(28)24(13-10-20(27)11-14-24)12-9-18-5-6-19-7-8-21(25-22(19)15-18)16(2)30-17(3)26;1-8(17-9(2)16)12-6-4-10-3-5-11(14)7-13(10)15-12;1-3-11(10(13)14-4-2)7-5-9(12)6-8-11/h5-9,12,15-16H,4,10-11,13-14H2,1-3H3;3-8H,1-2H3;3H,1,4-8H2,2H3/b12-9+;;/t16-;8-;/m11./s1.